The van der Waals surface area contributed by atoms with Crippen LogP contribution in [0.2, 0.25) is 0 Å². The maximum atomic E-state index is 12.4. The van der Waals surface area contributed by atoms with Crippen molar-refractivity contribution >= 4 is 5.65 Å². The lowest BCUT2D eigenvalue weighted by atomic mass is 10.2. The molecule has 3 aromatic rings. The van der Waals surface area contributed by atoms with E-state index in [4.69, 9.17) is 0 Å². The predicted molar refractivity (Wildman–Crippen MR) is 68.7 cm³/mol. The summed E-state index contributed by atoms with van der Waals surface area (Å²) in [7, 11) is 0. The summed E-state index contributed by atoms with van der Waals surface area (Å²) in [6, 6.07) is 3.72. The van der Waals surface area contributed by atoms with E-state index >= 15 is 0 Å². The van der Waals surface area contributed by atoms with E-state index in [1.165, 1.54) is 15.4 Å². The lowest BCUT2D eigenvalue weighted by Gasteiger charge is -2.03. The van der Waals surface area contributed by atoms with Gasteiger partial charge in [0.2, 0.25) is 5.82 Å². The van der Waals surface area contributed by atoms with Crippen molar-refractivity contribution < 1.29 is 0 Å². The first-order valence-electron chi connectivity index (χ1n) is 5.96. The van der Waals surface area contributed by atoms with Crippen LogP contribution < -0.4 is 5.56 Å². The van der Waals surface area contributed by atoms with E-state index in [0.717, 1.165) is 5.56 Å². The molecule has 0 saturated heterocycles. The van der Waals surface area contributed by atoms with Gasteiger partial charge in [-0.15, -0.1) is 10.2 Å². The Kier molecular flexibility index (Phi) is 2.59. The molecule has 0 aromatic carbocycles. The third kappa shape index (κ3) is 1.79. The average Bonchev–Trinajstić information content (AvgIpc) is 2.89. The minimum absolute atomic E-state index is 0.190. The van der Waals surface area contributed by atoms with Crippen LogP contribution in [0.15, 0.2) is 29.3 Å². The smallest absolute Gasteiger partial charge is 0.268 e. The van der Waals surface area contributed by atoms with Crippen LogP contribution in [-0.4, -0.2) is 29.6 Å². The molecule has 3 heterocycles. The van der Waals surface area contributed by atoms with Crippen LogP contribution in [0.4, 0.5) is 0 Å². The fourth-order valence-electron chi connectivity index (χ4n) is 1.89. The maximum Gasteiger partial charge on any atom is 0.269 e. The van der Waals surface area contributed by atoms with Crippen molar-refractivity contribution in [3.63, 3.8) is 0 Å². The van der Waals surface area contributed by atoms with E-state index in [0.29, 0.717) is 23.6 Å². The summed E-state index contributed by atoms with van der Waals surface area (Å²) in [5.41, 5.74) is 1.74. The highest BCUT2D eigenvalue weighted by molar-refractivity contribution is 5.56. The van der Waals surface area contributed by atoms with E-state index in [1.807, 2.05) is 26.0 Å². The van der Waals surface area contributed by atoms with Gasteiger partial charge in [0.05, 0.1) is 6.54 Å². The fourth-order valence-corrected chi connectivity index (χ4v) is 1.89. The molecule has 96 valence electrons. The van der Waals surface area contributed by atoms with Crippen LogP contribution in [0.3, 0.4) is 0 Å². The zero-order chi connectivity index (χ0) is 13.4. The number of pyridine rings is 1. The Labute approximate surface area is 108 Å². The molecule has 7 nitrogen and oxygen atoms in total. The Bertz CT molecular complexity index is 803. The summed E-state index contributed by atoms with van der Waals surface area (Å²) in [4.78, 5) is 18.1. The molecule has 0 unspecified atom stereocenters. The second kappa shape index (κ2) is 4.27. The van der Waals surface area contributed by atoms with E-state index in [1.54, 1.807) is 6.20 Å². The van der Waals surface area contributed by atoms with Crippen LogP contribution in [0.1, 0.15) is 12.5 Å². The minimum Gasteiger partial charge on any atom is -0.268 e. The number of tetrazole rings is 1. The van der Waals surface area contributed by atoms with Crippen LogP contribution in [0.5, 0.6) is 0 Å². The lowest BCUT2D eigenvalue weighted by molar-refractivity contribution is 0.552. The summed E-state index contributed by atoms with van der Waals surface area (Å²) in [6.07, 6.45) is 3.19. The van der Waals surface area contributed by atoms with Gasteiger partial charge in [0, 0.05) is 12.4 Å². The van der Waals surface area contributed by atoms with E-state index in [-0.39, 0.29) is 5.56 Å². The molecule has 3 rings (SSSR count). The Hall–Kier alpha value is -2.57. The molecule has 0 aliphatic carbocycles. The molecule has 0 N–H and O–H groups in total. The van der Waals surface area contributed by atoms with Gasteiger partial charge in [0.15, 0.2) is 0 Å². The molecule has 7 heteroatoms. The monoisotopic (exact) mass is 256 g/mol. The Balaban J connectivity index is 2.26. The van der Waals surface area contributed by atoms with Gasteiger partial charge in [-0.2, -0.15) is 4.80 Å². The molecule has 0 amide bonds. The number of aryl methyl sites for hydroxylation is 2. The van der Waals surface area contributed by atoms with Gasteiger partial charge in [0.25, 0.3) is 5.56 Å². The summed E-state index contributed by atoms with van der Waals surface area (Å²) < 4.78 is 1.50. The SMILES string of the molecule is CCn1nnc(-c2cnc3c(C)cccn3c2=O)n1. The van der Waals surface area contributed by atoms with Gasteiger partial charge in [-0.05, 0) is 30.7 Å². The highest BCUT2D eigenvalue weighted by Crippen LogP contribution is 2.10. The van der Waals surface area contributed by atoms with E-state index in [2.05, 4.69) is 20.4 Å². The van der Waals surface area contributed by atoms with Gasteiger partial charge >= 0.3 is 0 Å². The topological polar surface area (TPSA) is 78.0 Å². The van der Waals surface area contributed by atoms with Crippen molar-refractivity contribution in [2.75, 3.05) is 0 Å². The van der Waals surface area contributed by atoms with Gasteiger partial charge in [0.1, 0.15) is 11.2 Å². The van der Waals surface area contributed by atoms with Gasteiger partial charge in [-0.3, -0.25) is 9.20 Å². The molecular formula is C12H12N6O. The molecule has 0 spiro atoms. The second-order valence-corrected chi connectivity index (χ2v) is 4.16. The summed E-state index contributed by atoms with van der Waals surface area (Å²) in [5, 5.41) is 11.9. The molecule has 0 aliphatic heterocycles. The quantitative estimate of drug-likeness (QED) is 0.673. The fraction of sp³-hybridized carbons (Fsp3) is 0.250. The number of hydrogen-bond donors (Lipinski definition) is 0. The number of hydrogen-bond acceptors (Lipinski definition) is 5. The molecule has 0 atom stereocenters. The summed E-state index contributed by atoms with van der Waals surface area (Å²) >= 11 is 0. The van der Waals surface area contributed by atoms with E-state index < -0.39 is 0 Å². The highest BCUT2D eigenvalue weighted by Gasteiger charge is 2.12. The number of aromatic nitrogens is 6. The van der Waals surface area contributed by atoms with Crippen LogP contribution in [0, 0.1) is 6.92 Å². The van der Waals surface area contributed by atoms with Crippen molar-refractivity contribution in [3.05, 3.63) is 40.4 Å². The first kappa shape index (κ1) is 11.5. The predicted octanol–water partition coefficient (Wildman–Crippen LogP) is 0.676. The van der Waals surface area contributed by atoms with Gasteiger partial charge in [-0.1, -0.05) is 6.07 Å². The Morgan fingerprint density at radius 3 is 2.95 bits per heavy atom. The van der Waals surface area contributed by atoms with Crippen LogP contribution >= 0.6 is 0 Å². The van der Waals surface area contributed by atoms with Crippen molar-refractivity contribution in [1.29, 1.82) is 0 Å². The third-order valence-corrected chi connectivity index (χ3v) is 2.90. The first-order chi connectivity index (χ1) is 9.20. The molecule has 3 aromatic heterocycles. The highest BCUT2D eigenvalue weighted by atomic mass is 16.1. The van der Waals surface area contributed by atoms with Crippen molar-refractivity contribution in [1.82, 2.24) is 29.6 Å². The third-order valence-electron chi connectivity index (χ3n) is 2.90. The van der Waals surface area contributed by atoms with Crippen LogP contribution in [0.25, 0.3) is 17.0 Å². The standard InChI is InChI=1S/C12H12N6O/c1-3-18-15-10(14-16-18)9-7-13-11-8(2)5-4-6-17(11)12(9)19/h4-7H,3H2,1-2H3. The normalized spacial score (nSPS) is 11.1. The van der Waals surface area contributed by atoms with Crippen molar-refractivity contribution in [2.45, 2.75) is 20.4 Å². The van der Waals surface area contributed by atoms with Crippen molar-refractivity contribution in [2.24, 2.45) is 0 Å². The molecule has 0 bridgehead atoms. The second-order valence-electron chi connectivity index (χ2n) is 4.16. The maximum absolute atomic E-state index is 12.4. The van der Waals surface area contributed by atoms with E-state index in [9.17, 15) is 4.79 Å². The van der Waals surface area contributed by atoms with Crippen molar-refractivity contribution in [3.8, 4) is 11.4 Å². The number of fused-ring (bicyclic) bond motifs is 1. The largest absolute Gasteiger partial charge is 0.269 e. The molecule has 19 heavy (non-hydrogen) atoms. The zero-order valence-corrected chi connectivity index (χ0v) is 10.6. The first-order valence-corrected chi connectivity index (χ1v) is 5.96. The minimum atomic E-state index is -0.190. The summed E-state index contributed by atoms with van der Waals surface area (Å²) in [5.74, 6) is 0.301. The Morgan fingerprint density at radius 1 is 1.37 bits per heavy atom. The number of rotatable bonds is 2. The molecule has 0 radical (unpaired) electrons. The zero-order valence-electron chi connectivity index (χ0n) is 10.6. The number of nitrogens with zero attached hydrogens (tertiary/aromatic N) is 6. The Morgan fingerprint density at radius 2 is 2.21 bits per heavy atom. The lowest BCUT2D eigenvalue weighted by Crippen LogP contribution is -2.17. The van der Waals surface area contributed by atoms with Gasteiger partial charge < -0.3 is 0 Å². The average molecular weight is 256 g/mol. The molecule has 0 saturated carbocycles. The van der Waals surface area contributed by atoms with Crippen LogP contribution in [-0.2, 0) is 6.54 Å². The molecular weight excluding hydrogens is 244 g/mol. The summed E-state index contributed by atoms with van der Waals surface area (Å²) in [6.45, 7) is 4.42. The molecule has 0 aliphatic rings. The molecule has 0 fully saturated rings. The van der Waals surface area contributed by atoms with Gasteiger partial charge in [-0.25, -0.2) is 4.98 Å².